The molecule has 0 saturated heterocycles. The van der Waals surface area contributed by atoms with Crippen molar-refractivity contribution in [3.05, 3.63) is 65.0 Å². The zero-order valence-corrected chi connectivity index (χ0v) is 10.7. The largest absolute Gasteiger partial charge is 0.416 e. The second kappa shape index (κ2) is 5.83. The van der Waals surface area contributed by atoms with Crippen LogP contribution in [-0.4, -0.2) is 0 Å². The number of nitrogens with one attached hydrogen (secondary N) is 1. The summed E-state index contributed by atoms with van der Waals surface area (Å²) >= 11 is 0. The molecule has 1 N–H and O–H groups in total. The van der Waals surface area contributed by atoms with Gasteiger partial charge in [-0.25, -0.2) is 4.39 Å². The number of rotatable bonds is 3. The van der Waals surface area contributed by atoms with Crippen molar-refractivity contribution in [1.82, 2.24) is 0 Å². The lowest BCUT2D eigenvalue weighted by atomic mass is 10.1. The van der Waals surface area contributed by atoms with Crippen LogP contribution in [0.1, 0.15) is 16.7 Å². The van der Waals surface area contributed by atoms with Gasteiger partial charge in [0, 0.05) is 6.54 Å². The fourth-order valence-electron chi connectivity index (χ4n) is 1.73. The van der Waals surface area contributed by atoms with Crippen molar-refractivity contribution in [3.8, 4) is 6.07 Å². The quantitative estimate of drug-likeness (QED) is 0.855. The summed E-state index contributed by atoms with van der Waals surface area (Å²) < 4.78 is 51.2. The Morgan fingerprint density at radius 2 is 1.71 bits per heavy atom. The molecule has 0 heterocycles. The van der Waals surface area contributed by atoms with Crippen LogP contribution in [0.4, 0.5) is 23.2 Å². The Labute approximate surface area is 118 Å². The molecular formula is C15H10F4N2. The molecule has 0 aromatic heterocycles. The molecule has 108 valence electrons. The molecule has 0 bridgehead atoms. The molecule has 21 heavy (non-hydrogen) atoms. The lowest BCUT2D eigenvalue weighted by Crippen LogP contribution is -2.08. The molecule has 2 nitrogen and oxygen atoms in total. The highest BCUT2D eigenvalue weighted by molar-refractivity contribution is 5.48. The predicted octanol–water partition coefficient (Wildman–Crippen LogP) is 4.33. The molecule has 6 heteroatoms. The van der Waals surface area contributed by atoms with Gasteiger partial charge in [-0.2, -0.15) is 18.4 Å². The number of hydrogen-bond acceptors (Lipinski definition) is 2. The van der Waals surface area contributed by atoms with Crippen LogP contribution in [0.15, 0.2) is 42.5 Å². The Morgan fingerprint density at radius 3 is 2.29 bits per heavy atom. The number of nitrogens with zero attached hydrogens (tertiary/aromatic N) is 1. The van der Waals surface area contributed by atoms with Crippen molar-refractivity contribution < 1.29 is 17.6 Å². The molecule has 0 saturated carbocycles. The first-order valence-corrected chi connectivity index (χ1v) is 6.00. The number of alkyl halides is 3. The van der Waals surface area contributed by atoms with Gasteiger partial charge in [-0.3, -0.25) is 0 Å². The van der Waals surface area contributed by atoms with Crippen molar-refractivity contribution in [1.29, 1.82) is 5.26 Å². The summed E-state index contributed by atoms with van der Waals surface area (Å²) in [5.41, 5.74) is 0.0789. The highest BCUT2D eigenvalue weighted by Gasteiger charge is 2.31. The second-order valence-electron chi connectivity index (χ2n) is 4.35. The van der Waals surface area contributed by atoms with E-state index in [-0.39, 0.29) is 12.2 Å². The van der Waals surface area contributed by atoms with Crippen LogP contribution >= 0.6 is 0 Å². The fourth-order valence-corrected chi connectivity index (χ4v) is 1.73. The normalized spacial score (nSPS) is 11.0. The molecule has 0 amide bonds. The lowest BCUT2D eigenvalue weighted by molar-refractivity contribution is -0.137. The third kappa shape index (κ3) is 3.72. The summed E-state index contributed by atoms with van der Waals surface area (Å²) in [6, 6.07) is 10.6. The average Bonchev–Trinajstić information content (AvgIpc) is 2.45. The first kappa shape index (κ1) is 14.9. The van der Waals surface area contributed by atoms with E-state index in [1.54, 1.807) is 24.3 Å². The molecule has 0 atom stereocenters. The number of halogens is 4. The molecule has 0 unspecified atom stereocenters. The fraction of sp³-hybridized carbons (Fsp3) is 0.133. The number of anilines is 1. The second-order valence-corrected chi connectivity index (χ2v) is 4.35. The Balaban J connectivity index is 2.14. The van der Waals surface area contributed by atoms with E-state index >= 15 is 0 Å². The van der Waals surface area contributed by atoms with Gasteiger partial charge in [0.2, 0.25) is 0 Å². The number of benzene rings is 2. The van der Waals surface area contributed by atoms with Gasteiger partial charge in [0.1, 0.15) is 5.82 Å². The summed E-state index contributed by atoms with van der Waals surface area (Å²) in [6.07, 6.45) is -4.52. The molecule has 0 aliphatic rings. The van der Waals surface area contributed by atoms with Gasteiger partial charge in [-0.05, 0) is 35.9 Å². The summed E-state index contributed by atoms with van der Waals surface area (Å²) in [5.74, 6) is -0.753. The van der Waals surface area contributed by atoms with E-state index in [4.69, 9.17) is 5.26 Å². The third-order valence-corrected chi connectivity index (χ3v) is 2.86. The Hall–Kier alpha value is -2.55. The van der Waals surface area contributed by atoms with Gasteiger partial charge in [0.15, 0.2) is 0 Å². The summed E-state index contributed by atoms with van der Waals surface area (Å²) in [4.78, 5) is 0. The molecule has 0 fully saturated rings. The summed E-state index contributed by atoms with van der Waals surface area (Å²) in [7, 11) is 0. The molecule has 0 radical (unpaired) electrons. The molecule has 0 aliphatic carbocycles. The average molecular weight is 294 g/mol. The zero-order chi connectivity index (χ0) is 15.5. The molecular weight excluding hydrogens is 284 g/mol. The molecule has 0 spiro atoms. The van der Waals surface area contributed by atoms with E-state index in [2.05, 4.69) is 5.32 Å². The maximum absolute atomic E-state index is 13.5. The van der Waals surface area contributed by atoms with E-state index in [0.717, 1.165) is 17.7 Å². The van der Waals surface area contributed by atoms with Crippen LogP contribution in [0.2, 0.25) is 0 Å². The van der Waals surface area contributed by atoms with Crippen molar-refractivity contribution in [3.63, 3.8) is 0 Å². The molecule has 0 aliphatic heterocycles. The van der Waals surface area contributed by atoms with Gasteiger partial charge >= 0.3 is 6.18 Å². The van der Waals surface area contributed by atoms with Crippen molar-refractivity contribution in [2.45, 2.75) is 12.7 Å². The van der Waals surface area contributed by atoms with Crippen LogP contribution in [0.25, 0.3) is 0 Å². The van der Waals surface area contributed by atoms with E-state index in [9.17, 15) is 17.6 Å². The van der Waals surface area contributed by atoms with Gasteiger partial charge in [-0.1, -0.05) is 12.1 Å². The first-order valence-electron chi connectivity index (χ1n) is 6.00. The number of nitriles is 1. The van der Waals surface area contributed by atoms with Gasteiger partial charge in [0.05, 0.1) is 22.9 Å². The highest BCUT2D eigenvalue weighted by atomic mass is 19.4. The Kier molecular flexibility index (Phi) is 4.13. The van der Waals surface area contributed by atoms with Crippen molar-refractivity contribution in [2.75, 3.05) is 5.32 Å². The topological polar surface area (TPSA) is 35.8 Å². The molecule has 2 aromatic rings. The van der Waals surface area contributed by atoms with Gasteiger partial charge in [0.25, 0.3) is 0 Å². The maximum Gasteiger partial charge on any atom is 0.416 e. The van der Waals surface area contributed by atoms with E-state index in [0.29, 0.717) is 11.6 Å². The highest BCUT2D eigenvalue weighted by Crippen LogP contribution is 2.31. The van der Waals surface area contributed by atoms with Gasteiger partial charge in [-0.15, -0.1) is 0 Å². The lowest BCUT2D eigenvalue weighted by Gasteiger charge is -2.11. The summed E-state index contributed by atoms with van der Waals surface area (Å²) in [6.45, 7) is 0.157. The Morgan fingerprint density at radius 1 is 1.05 bits per heavy atom. The number of hydrogen-bond donors (Lipinski definition) is 1. The van der Waals surface area contributed by atoms with E-state index in [1.165, 1.54) is 0 Å². The zero-order valence-electron chi connectivity index (χ0n) is 10.7. The van der Waals surface area contributed by atoms with Crippen LogP contribution in [0.3, 0.4) is 0 Å². The van der Waals surface area contributed by atoms with E-state index in [1.807, 2.05) is 6.07 Å². The minimum atomic E-state index is -4.52. The minimum Gasteiger partial charge on any atom is -0.379 e. The van der Waals surface area contributed by atoms with E-state index < -0.39 is 17.6 Å². The van der Waals surface area contributed by atoms with Crippen molar-refractivity contribution in [2.24, 2.45) is 0 Å². The minimum absolute atomic E-state index is 0.157. The van der Waals surface area contributed by atoms with Crippen LogP contribution in [0, 0.1) is 17.1 Å². The van der Waals surface area contributed by atoms with Gasteiger partial charge < -0.3 is 5.32 Å². The molecule has 2 rings (SSSR count). The van der Waals surface area contributed by atoms with Crippen LogP contribution in [-0.2, 0) is 12.7 Å². The smallest absolute Gasteiger partial charge is 0.379 e. The van der Waals surface area contributed by atoms with Crippen LogP contribution < -0.4 is 5.32 Å². The summed E-state index contributed by atoms with van der Waals surface area (Å²) in [5, 5.41) is 11.3. The standard InChI is InChI=1S/C15H10F4N2/c16-13-6-5-12(15(17,18)19)7-14(13)21-9-11-3-1-10(8-20)2-4-11/h1-7,21H,9H2. The SMILES string of the molecule is N#Cc1ccc(CNc2cc(C(F)(F)F)ccc2F)cc1. The predicted molar refractivity (Wildman–Crippen MR) is 69.9 cm³/mol. The third-order valence-electron chi connectivity index (χ3n) is 2.86. The monoisotopic (exact) mass is 294 g/mol. The Bertz CT molecular complexity index is 670. The maximum atomic E-state index is 13.5. The first-order chi connectivity index (χ1) is 9.90. The molecule has 2 aromatic carbocycles. The van der Waals surface area contributed by atoms with Crippen molar-refractivity contribution >= 4 is 5.69 Å². The van der Waals surface area contributed by atoms with Crippen LogP contribution in [0.5, 0.6) is 0 Å².